The van der Waals surface area contributed by atoms with E-state index in [-0.39, 0.29) is 0 Å². The lowest BCUT2D eigenvalue weighted by atomic mass is 10.1. The first-order chi connectivity index (χ1) is 8.06. The second-order valence-corrected chi connectivity index (χ2v) is 4.88. The van der Waals surface area contributed by atoms with Crippen LogP contribution in [0.3, 0.4) is 0 Å². The van der Waals surface area contributed by atoms with Crippen LogP contribution in [0.25, 0.3) is 11.4 Å². The third-order valence-electron chi connectivity index (χ3n) is 2.75. The Hall–Kier alpha value is -1.77. The van der Waals surface area contributed by atoms with Crippen molar-refractivity contribution in [3.63, 3.8) is 0 Å². The summed E-state index contributed by atoms with van der Waals surface area (Å²) >= 11 is 0. The molecule has 2 rings (SSSR count). The van der Waals surface area contributed by atoms with Gasteiger partial charge in [0, 0.05) is 16.9 Å². The Morgan fingerprint density at radius 3 is 2.76 bits per heavy atom. The summed E-state index contributed by atoms with van der Waals surface area (Å²) in [6, 6.07) is 7.80. The molecule has 0 amide bonds. The first-order valence-corrected chi connectivity index (χ1v) is 5.97. The summed E-state index contributed by atoms with van der Waals surface area (Å²) in [4.78, 5) is 7.98. The van der Waals surface area contributed by atoms with Crippen molar-refractivity contribution >= 4 is 5.69 Å². The molecule has 1 heterocycles. The largest absolute Gasteiger partial charge is 0.399 e. The number of hydrogen-bond acceptors (Lipinski definition) is 2. The minimum absolute atomic E-state index is 0.616. The van der Waals surface area contributed by atoms with Crippen LogP contribution in [0.5, 0.6) is 0 Å². The van der Waals surface area contributed by atoms with E-state index in [1.54, 1.807) is 0 Å². The van der Waals surface area contributed by atoms with Crippen molar-refractivity contribution in [3.05, 3.63) is 35.7 Å². The molecule has 3 nitrogen and oxygen atoms in total. The molecule has 1 aromatic carbocycles. The highest BCUT2D eigenvalue weighted by molar-refractivity contribution is 5.61. The van der Waals surface area contributed by atoms with E-state index in [1.807, 2.05) is 24.3 Å². The van der Waals surface area contributed by atoms with Gasteiger partial charge in [-0.25, -0.2) is 4.98 Å². The zero-order chi connectivity index (χ0) is 12.4. The van der Waals surface area contributed by atoms with Crippen LogP contribution in [-0.2, 0) is 6.42 Å². The number of imidazole rings is 1. The molecule has 0 aliphatic rings. The maximum Gasteiger partial charge on any atom is 0.137 e. The Morgan fingerprint density at radius 2 is 2.12 bits per heavy atom. The molecule has 3 heteroatoms. The molecule has 0 aliphatic heterocycles. The Balaban J connectivity index is 2.34. The monoisotopic (exact) mass is 229 g/mol. The maximum atomic E-state index is 5.78. The minimum Gasteiger partial charge on any atom is -0.399 e. The van der Waals surface area contributed by atoms with Crippen LogP contribution in [-0.4, -0.2) is 9.97 Å². The van der Waals surface area contributed by atoms with Crippen molar-refractivity contribution in [1.82, 2.24) is 9.97 Å². The molecule has 0 fully saturated rings. The van der Waals surface area contributed by atoms with E-state index < -0.39 is 0 Å². The van der Waals surface area contributed by atoms with Gasteiger partial charge in [0.25, 0.3) is 0 Å². The third kappa shape index (κ3) is 2.67. The smallest absolute Gasteiger partial charge is 0.137 e. The van der Waals surface area contributed by atoms with E-state index in [0.29, 0.717) is 5.92 Å². The predicted molar refractivity (Wildman–Crippen MR) is 71.7 cm³/mol. The van der Waals surface area contributed by atoms with E-state index in [1.165, 1.54) is 0 Å². The van der Waals surface area contributed by atoms with Crippen LogP contribution in [0.4, 0.5) is 5.69 Å². The van der Waals surface area contributed by atoms with E-state index in [4.69, 9.17) is 5.73 Å². The summed E-state index contributed by atoms with van der Waals surface area (Å²) < 4.78 is 0. The van der Waals surface area contributed by atoms with Crippen molar-refractivity contribution in [3.8, 4) is 11.4 Å². The van der Waals surface area contributed by atoms with Crippen molar-refractivity contribution in [2.45, 2.75) is 27.2 Å². The van der Waals surface area contributed by atoms with Gasteiger partial charge in [-0.05, 0) is 31.4 Å². The number of nitrogen functional groups attached to an aromatic ring is 1. The number of anilines is 1. The average Bonchev–Trinajstić information content (AvgIpc) is 2.59. The Labute approximate surface area is 102 Å². The standard InChI is InChI=1S/C14H19N3/c1-9(2)7-13-10(3)16-14(17-13)11-5-4-6-12(15)8-11/h4-6,8-9H,7,15H2,1-3H3,(H,16,17). The molecule has 1 aromatic heterocycles. The van der Waals surface area contributed by atoms with Gasteiger partial charge in [-0.15, -0.1) is 0 Å². The highest BCUT2D eigenvalue weighted by Gasteiger charge is 2.09. The first-order valence-electron chi connectivity index (χ1n) is 5.97. The van der Waals surface area contributed by atoms with Gasteiger partial charge in [0.05, 0.1) is 5.69 Å². The van der Waals surface area contributed by atoms with E-state index in [9.17, 15) is 0 Å². The van der Waals surface area contributed by atoms with Crippen LogP contribution in [0.15, 0.2) is 24.3 Å². The number of aryl methyl sites for hydroxylation is 1. The molecule has 17 heavy (non-hydrogen) atoms. The van der Waals surface area contributed by atoms with Crippen LogP contribution >= 0.6 is 0 Å². The second kappa shape index (κ2) is 4.62. The lowest BCUT2D eigenvalue weighted by Gasteiger charge is -2.01. The highest BCUT2D eigenvalue weighted by atomic mass is 14.9. The van der Waals surface area contributed by atoms with Gasteiger partial charge >= 0.3 is 0 Å². The van der Waals surface area contributed by atoms with E-state index in [2.05, 4.69) is 30.7 Å². The second-order valence-electron chi connectivity index (χ2n) is 4.88. The molecule has 0 spiro atoms. The molecule has 0 saturated heterocycles. The number of rotatable bonds is 3. The molecule has 3 N–H and O–H groups in total. The minimum atomic E-state index is 0.616. The number of nitrogens with zero attached hydrogens (tertiary/aromatic N) is 1. The van der Waals surface area contributed by atoms with Gasteiger partial charge in [0.2, 0.25) is 0 Å². The normalized spacial score (nSPS) is 11.1. The number of nitrogens with two attached hydrogens (primary N) is 1. The molecular weight excluding hydrogens is 210 g/mol. The van der Waals surface area contributed by atoms with Gasteiger partial charge in [-0.2, -0.15) is 0 Å². The van der Waals surface area contributed by atoms with Gasteiger partial charge in [-0.3, -0.25) is 0 Å². The number of H-pyrrole nitrogens is 1. The summed E-state index contributed by atoms with van der Waals surface area (Å²) in [6.07, 6.45) is 1.00. The molecule has 2 aromatic rings. The van der Waals surface area contributed by atoms with Crippen molar-refractivity contribution in [2.24, 2.45) is 5.92 Å². The first kappa shape index (κ1) is 11.7. The van der Waals surface area contributed by atoms with Crippen LogP contribution < -0.4 is 5.73 Å². The SMILES string of the molecule is Cc1[nH]c(-c2cccc(N)c2)nc1CC(C)C. The van der Waals surface area contributed by atoms with Crippen LogP contribution in [0.2, 0.25) is 0 Å². The van der Waals surface area contributed by atoms with Crippen LogP contribution in [0, 0.1) is 12.8 Å². The predicted octanol–water partition coefficient (Wildman–Crippen LogP) is 3.17. The van der Waals surface area contributed by atoms with Gasteiger partial charge in [-0.1, -0.05) is 26.0 Å². The fraction of sp³-hybridized carbons (Fsp3) is 0.357. The van der Waals surface area contributed by atoms with E-state index >= 15 is 0 Å². The van der Waals surface area contributed by atoms with Gasteiger partial charge < -0.3 is 10.7 Å². The van der Waals surface area contributed by atoms with Gasteiger partial charge in [0.15, 0.2) is 0 Å². The number of hydrogen-bond donors (Lipinski definition) is 2. The molecule has 0 aliphatic carbocycles. The fourth-order valence-corrected chi connectivity index (χ4v) is 1.90. The Bertz CT molecular complexity index is 512. The lowest BCUT2D eigenvalue weighted by molar-refractivity contribution is 0.635. The summed E-state index contributed by atoms with van der Waals surface area (Å²) in [7, 11) is 0. The quantitative estimate of drug-likeness (QED) is 0.794. The summed E-state index contributed by atoms with van der Waals surface area (Å²) in [5, 5.41) is 0. The third-order valence-corrected chi connectivity index (χ3v) is 2.75. The van der Waals surface area contributed by atoms with Crippen molar-refractivity contribution < 1.29 is 0 Å². The topological polar surface area (TPSA) is 54.7 Å². The van der Waals surface area contributed by atoms with Gasteiger partial charge in [0.1, 0.15) is 5.82 Å². The molecule has 0 bridgehead atoms. The van der Waals surface area contributed by atoms with E-state index in [0.717, 1.165) is 34.9 Å². The number of aromatic nitrogens is 2. The molecular formula is C14H19N3. The number of benzene rings is 1. The lowest BCUT2D eigenvalue weighted by Crippen LogP contribution is -1.96. The average molecular weight is 229 g/mol. The molecule has 90 valence electrons. The summed E-state index contributed by atoms with van der Waals surface area (Å²) in [5.74, 6) is 1.52. The Morgan fingerprint density at radius 1 is 1.35 bits per heavy atom. The zero-order valence-corrected chi connectivity index (χ0v) is 10.6. The zero-order valence-electron chi connectivity index (χ0n) is 10.6. The molecule has 0 atom stereocenters. The molecule has 0 radical (unpaired) electrons. The number of nitrogens with one attached hydrogen (secondary N) is 1. The van der Waals surface area contributed by atoms with Crippen LogP contribution in [0.1, 0.15) is 25.2 Å². The summed E-state index contributed by atoms with van der Waals surface area (Å²) in [6.45, 7) is 6.48. The van der Waals surface area contributed by atoms with Crippen molar-refractivity contribution in [1.29, 1.82) is 0 Å². The number of aromatic amines is 1. The molecule has 0 saturated carbocycles. The molecule has 0 unspecified atom stereocenters. The fourth-order valence-electron chi connectivity index (χ4n) is 1.90. The van der Waals surface area contributed by atoms with Crippen molar-refractivity contribution in [2.75, 3.05) is 5.73 Å². The Kier molecular flexibility index (Phi) is 3.18. The highest BCUT2D eigenvalue weighted by Crippen LogP contribution is 2.21. The maximum absolute atomic E-state index is 5.78. The summed E-state index contributed by atoms with van der Waals surface area (Å²) in [5.41, 5.74) is 9.89.